The molecular formula is C22H34N2O. The Morgan fingerprint density at radius 3 is 2.44 bits per heavy atom. The summed E-state index contributed by atoms with van der Waals surface area (Å²) < 4.78 is 6.42. The molecule has 0 aromatic heterocycles. The highest BCUT2D eigenvalue weighted by molar-refractivity contribution is 5.46. The van der Waals surface area contributed by atoms with Gasteiger partial charge >= 0.3 is 0 Å². The van der Waals surface area contributed by atoms with Crippen LogP contribution < -0.4 is 4.90 Å². The van der Waals surface area contributed by atoms with Crippen molar-refractivity contribution < 1.29 is 4.74 Å². The molecule has 3 heteroatoms. The molecular weight excluding hydrogens is 308 g/mol. The van der Waals surface area contributed by atoms with Crippen molar-refractivity contribution in [2.24, 2.45) is 0 Å². The van der Waals surface area contributed by atoms with Crippen molar-refractivity contribution in [3.05, 3.63) is 30.3 Å². The van der Waals surface area contributed by atoms with Crippen LogP contribution in [0.3, 0.4) is 0 Å². The molecule has 1 atom stereocenters. The summed E-state index contributed by atoms with van der Waals surface area (Å²) in [6.07, 6.45) is 10.5. The third kappa shape index (κ3) is 3.73. The van der Waals surface area contributed by atoms with Gasteiger partial charge in [0.25, 0.3) is 0 Å². The second-order valence-electron chi connectivity index (χ2n) is 8.27. The lowest BCUT2D eigenvalue weighted by molar-refractivity contribution is -0.121. The van der Waals surface area contributed by atoms with Crippen molar-refractivity contribution in [1.82, 2.24) is 4.90 Å². The summed E-state index contributed by atoms with van der Waals surface area (Å²) in [5.41, 5.74) is 1.51. The molecule has 138 valence electrons. The number of para-hydroxylation sites is 1. The van der Waals surface area contributed by atoms with Gasteiger partial charge in [-0.15, -0.1) is 0 Å². The van der Waals surface area contributed by atoms with E-state index in [0.29, 0.717) is 0 Å². The van der Waals surface area contributed by atoms with Gasteiger partial charge in [0.2, 0.25) is 0 Å². The maximum atomic E-state index is 6.42. The van der Waals surface area contributed by atoms with Crippen LogP contribution >= 0.6 is 0 Å². The van der Waals surface area contributed by atoms with E-state index in [1.54, 1.807) is 0 Å². The zero-order valence-electron chi connectivity index (χ0n) is 15.8. The molecule has 1 aromatic carbocycles. The van der Waals surface area contributed by atoms with Crippen molar-refractivity contribution >= 4 is 5.69 Å². The molecule has 4 rings (SSSR count). The Labute approximate surface area is 153 Å². The van der Waals surface area contributed by atoms with E-state index < -0.39 is 0 Å². The topological polar surface area (TPSA) is 15.7 Å². The van der Waals surface area contributed by atoms with Gasteiger partial charge in [-0.25, -0.2) is 0 Å². The molecule has 1 saturated carbocycles. The standard InChI is InChI=1S/C22H34N2O/c1-2-24(20-10-6-7-11-20)21-12-17-25-22(18-21)13-15-23(16-14-22)19-8-4-3-5-9-19/h3-5,8-9,20-21H,2,6-7,10-18H2,1H3. The molecule has 1 aromatic rings. The number of hydrogen-bond acceptors (Lipinski definition) is 3. The minimum absolute atomic E-state index is 0.139. The molecule has 2 heterocycles. The highest BCUT2D eigenvalue weighted by atomic mass is 16.5. The minimum atomic E-state index is 0.139. The fraction of sp³-hybridized carbons (Fsp3) is 0.727. The van der Waals surface area contributed by atoms with Gasteiger partial charge in [-0.3, -0.25) is 4.90 Å². The average Bonchev–Trinajstić information content (AvgIpc) is 3.18. The van der Waals surface area contributed by atoms with Crippen molar-refractivity contribution in [2.45, 2.75) is 76.0 Å². The third-order valence-electron chi connectivity index (χ3n) is 6.89. The Bertz CT molecular complexity index is 532. The van der Waals surface area contributed by atoms with E-state index in [9.17, 15) is 0 Å². The molecule has 3 aliphatic rings. The van der Waals surface area contributed by atoms with Gasteiger partial charge in [0.1, 0.15) is 0 Å². The van der Waals surface area contributed by atoms with Crippen molar-refractivity contribution in [3.8, 4) is 0 Å². The van der Waals surface area contributed by atoms with Crippen LogP contribution in [0.25, 0.3) is 0 Å². The van der Waals surface area contributed by atoms with Crippen LogP contribution in [0.2, 0.25) is 0 Å². The Balaban J connectivity index is 1.39. The Morgan fingerprint density at radius 2 is 1.76 bits per heavy atom. The molecule has 0 radical (unpaired) electrons. The van der Waals surface area contributed by atoms with Crippen LogP contribution in [0.4, 0.5) is 5.69 Å². The van der Waals surface area contributed by atoms with Crippen molar-refractivity contribution in [1.29, 1.82) is 0 Å². The summed E-state index contributed by atoms with van der Waals surface area (Å²) in [6, 6.07) is 12.5. The summed E-state index contributed by atoms with van der Waals surface area (Å²) in [5, 5.41) is 0. The molecule has 0 N–H and O–H groups in total. The van der Waals surface area contributed by atoms with Crippen LogP contribution in [0.5, 0.6) is 0 Å². The van der Waals surface area contributed by atoms with Crippen LogP contribution in [0.1, 0.15) is 58.3 Å². The van der Waals surface area contributed by atoms with Gasteiger partial charge < -0.3 is 9.64 Å². The van der Waals surface area contributed by atoms with Crippen molar-refractivity contribution in [2.75, 3.05) is 31.1 Å². The predicted octanol–water partition coefficient (Wildman–Crippen LogP) is 4.47. The summed E-state index contributed by atoms with van der Waals surface area (Å²) in [5.74, 6) is 0. The highest BCUT2D eigenvalue weighted by Crippen LogP contribution is 2.39. The second kappa shape index (κ2) is 7.67. The van der Waals surface area contributed by atoms with E-state index in [1.807, 2.05) is 0 Å². The summed E-state index contributed by atoms with van der Waals surface area (Å²) in [4.78, 5) is 5.37. The van der Waals surface area contributed by atoms with E-state index >= 15 is 0 Å². The third-order valence-corrected chi connectivity index (χ3v) is 6.89. The molecule has 3 fully saturated rings. The number of anilines is 1. The lowest BCUT2D eigenvalue weighted by Gasteiger charge is -2.49. The quantitative estimate of drug-likeness (QED) is 0.803. The number of hydrogen-bond donors (Lipinski definition) is 0. The zero-order chi connectivity index (χ0) is 17.1. The number of rotatable bonds is 4. The fourth-order valence-electron chi connectivity index (χ4n) is 5.50. The van der Waals surface area contributed by atoms with Gasteiger partial charge in [0.15, 0.2) is 0 Å². The van der Waals surface area contributed by atoms with Crippen LogP contribution in [-0.2, 0) is 4.74 Å². The molecule has 0 amide bonds. The van der Waals surface area contributed by atoms with Gasteiger partial charge in [-0.2, -0.15) is 0 Å². The number of ether oxygens (including phenoxy) is 1. The minimum Gasteiger partial charge on any atom is -0.375 e. The van der Waals surface area contributed by atoms with Crippen LogP contribution in [0, 0.1) is 0 Å². The first-order valence-corrected chi connectivity index (χ1v) is 10.5. The van der Waals surface area contributed by atoms with Gasteiger partial charge in [0.05, 0.1) is 5.60 Å². The molecule has 1 unspecified atom stereocenters. The number of piperidine rings is 1. The normalized spacial score (nSPS) is 27.3. The largest absolute Gasteiger partial charge is 0.375 e. The maximum absolute atomic E-state index is 6.42. The molecule has 1 aliphatic carbocycles. The fourth-order valence-corrected chi connectivity index (χ4v) is 5.50. The molecule has 0 bridgehead atoms. The van der Waals surface area contributed by atoms with Gasteiger partial charge in [0, 0.05) is 37.5 Å². The Kier molecular flexibility index (Phi) is 5.33. The van der Waals surface area contributed by atoms with E-state index in [4.69, 9.17) is 4.74 Å². The monoisotopic (exact) mass is 342 g/mol. The van der Waals surface area contributed by atoms with E-state index in [0.717, 1.165) is 31.8 Å². The molecule has 1 spiro atoms. The van der Waals surface area contributed by atoms with Gasteiger partial charge in [-0.05, 0) is 57.2 Å². The van der Waals surface area contributed by atoms with E-state index in [1.165, 1.54) is 63.6 Å². The lowest BCUT2D eigenvalue weighted by Crippen LogP contribution is -2.55. The first kappa shape index (κ1) is 17.4. The lowest BCUT2D eigenvalue weighted by atomic mass is 9.81. The van der Waals surface area contributed by atoms with E-state index in [-0.39, 0.29) is 5.60 Å². The van der Waals surface area contributed by atoms with E-state index in [2.05, 4.69) is 47.1 Å². The Hall–Kier alpha value is -1.06. The smallest absolute Gasteiger partial charge is 0.0731 e. The highest BCUT2D eigenvalue weighted by Gasteiger charge is 2.42. The second-order valence-corrected chi connectivity index (χ2v) is 8.27. The first-order valence-electron chi connectivity index (χ1n) is 10.5. The summed E-state index contributed by atoms with van der Waals surface area (Å²) in [6.45, 7) is 6.79. The molecule has 25 heavy (non-hydrogen) atoms. The number of nitrogens with zero attached hydrogens (tertiary/aromatic N) is 2. The van der Waals surface area contributed by atoms with Crippen LogP contribution in [0.15, 0.2) is 30.3 Å². The predicted molar refractivity (Wildman–Crippen MR) is 104 cm³/mol. The van der Waals surface area contributed by atoms with Crippen molar-refractivity contribution in [3.63, 3.8) is 0 Å². The summed E-state index contributed by atoms with van der Waals surface area (Å²) >= 11 is 0. The summed E-state index contributed by atoms with van der Waals surface area (Å²) in [7, 11) is 0. The molecule has 2 saturated heterocycles. The van der Waals surface area contributed by atoms with Gasteiger partial charge in [-0.1, -0.05) is 38.0 Å². The first-order chi connectivity index (χ1) is 12.3. The number of benzene rings is 1. The maximum Gasteiger partial charge on any atom is 0.0731 e. The Morgan fingerprint density at radius 1 is 1.04 bits per heavy atom. The SMILES string of the molecule is CCN(C1CCCC1)C1CCOC2(CCN(c3ccccc3)CC2)C1. The average molecular weight is 343 g/mol. The van der Waals surface area contributed by atoms with Crippen LogP contribution in [-0.4, -0.2) is 48.8 Å². The zero-order valence-corrected chi connectivity index (χ0v) is 15.8. The molecule has 2 aliphatic heterocycles. The molecule has 3 nitrogen and oxygen atoms in total.